The van der Waals surface area contributed by atoms with E-state index in [4.69, 9.17) is 24.7 Å². The van der Waals surface area contributed by atoms with Crippen LogP contribution in [-0.4, -0.2) is 52.9 Å². The van der Waals surface area contributed by atoms with E-state index < -0.39 is 65.2 Å². The van der Waals surface area contributed by atoms with Crippen LogP contribution >= 0.6 is 0 Å². The molecule has 3 saturated carbocycles. The van der Waals surface area contributed by atoms with Crippen molar-refractivity contribution in [1.29, 1.82) is 0 Å². The van der Waals surface area contributed by atoms with Crippen molar-refractivity contribution in [3.8, 4) is 0 Å². The second kappa shape index (κ2) is 11.2. The molecule has 1 aromatic rings. The summed E-state index contributed by atoms with van der Waals surface area (Å²) in [5, 5.41) is 9.43. The summed E-state index contributed by atoms with van der Waals surface area (Å²) in [5.41, 5.74) is 1.56. The molecule has 0 saturated heterocycles. The highest BCUT2D eigenvalue weighted by atomic mass is 19.2. The monoisotopic (exact) mass is 571 g/mol. The first kappa shape index (κ1) is 30.1. The van der Waals surface area contributed by atoms with E-state index in [0.29, 0.717) is 12.3 Å². The van der Waals surface area contributed by atoms with Crippen molar-refractivity contribution in [3.63, 3.8) is 0 Å². The molecular weight excluding hydrogens is 535 g/mol. The molecule has 3 N–H and O–H groups in total. The number of carboxylic acid groups (broad SMARTS) is 1. The summed E-state index contributed by atoms with van der Waals surface area (Å²) in [5.74, 6) is -6.94. The third kappa shape index (κ3) is 5.52. The Morgan fingerprint density at radius 2 is 1.80 bits per heavy atom. The Morgan fingerprint density at radius 1 is 1.10 bits per heavy atom. The number of alkyl halides is 1. The number of fused-ring (bicyclic) bond motifs is 1. The van der Waals surface area contributed by atoms with Gasteiger partial charge in [-0.15, -0.1) is 0 Å². The summed E-state index contributed by atoms with van der Waals surface area (Å²) in [6, 6.07) is 3.06. The number of carboxylic acids is 1. The van der Waals surface area contributed by atoms with Crippen LogP contribution in [0.4, 0.5) is 18.0 Å². The van der Waals surface area contributed by atoms with Crippen molar-refractivity contribution in [3.05, 3.63) is 35.4 Å². The van der Waals surface area contributed by atoms with Crippen molar-refractivity contribution in [2.24, 2.45) is 35.3 Å². The van der Waals surface area contributed by atoms with Gasteiger partial charge in [0.1, 0.15) is 11.6 Å². The maximum atomic E-state index is 15.2. The lowest BCUT2D eigenvalue weighted by Crippen LogP contribution is -2.61. The Kier molecular flexibility index (Phi) is 8.43. The average Bonchev–Trinajstić information content (AvgIpc) is 3.34. The Labute approximate surface area is 230 Å². The minimum atomic E-state index is -2.76. The molecule has 0 aromatic heterocycles. The molecule has 0 amide bonds. The number of nitrogens with two attached hydrogens (primary N) is 1. The van der Waals surface area contributed by atoms with Crippen LogP contribution in [-0.2, 0) is 35.1 Å². The number of ether oxygens (including phenoxy) is 4. The van der Waals surface area contributed by atoms with Crippen LogP contribution < -0.4 is 5.73 Å². The van der Waals surface area contributed by atoms with Gasteiger partial charge in [0.05, 0.1) is 12.7 Å². The molecule has 0 radical (unpaired) electrons. The molecule has 0 spiro atoms. The van der Waals surface area contributed by atoms with Gasteiger partial charge < -0.3 is 29.8 Å². The number of aliphatic carboxylic acids is 1. The van der Waals surface area contributed by atoms with E-state index in [0.717, 1.165) is 25.0 Å². The van der Waals surface area contributed by atoms with Crippen LogP contribution in [0.15, 0.2) is 18.2 Å². The number of carbonyl (C=O) groups excluding carboxylic acids is 2. The fourth-order valence-corrected chi connectivity index (χ4v) is 6.44. The largest absolute Gasteiger partial charge is 0.511 e. The summed E-state index contributed by atoms with van der Waals surface area (Å²) >= 11 is 0. The number of halogens is 3. The molecule has 9 atom stereocenters. The summed E-state index contributed by atoms with van der Waals surface area (Å²) < 4.78 is 63.7. The molecule has 1 aromatic carbocycles. The number of hydrogen-bond acceptors (Lipinski definition) is 8. The van der Waals surface area contributed by atoms with Gasteiger partial charge in [0.25, 0.3) is 0 Å². The van der Waals surface area contributed by atoms with E-state index in [1.165, 1.54) is 13.0 Å². The fraction of sp³-hybridized carbons (Fsp3) is 0.679. The summed E-state index contributed by atoms with van der Waals surface area (Å²) in [4.78, 5) is 37.4. The van der Waals surface area contributed by atoms with Crippen LogP contribution in [0.3, 0.4) is 0 Å². The molecule has 0 heterocycles. The number of benzene rings is 1. The van der Waals surface area contributed by atoms with Gasteiger partial charge in [-0.05, 0) is 54.7 Å². The maximum absolute atomic E-state index is 15.2. The zero-order valence-electron chi connectivity index (χ0n) is 22.9. The first-order valence-electron chi connectivity index (χ1n) is 13.5. The minimum Gasteiger partial charge on any atom is -0.479 e. The Bertz CT molecular complexity index is 1150. The van der Waals surface area contributed by atoms with E-state index >= 15 is 4.39 Å². The van der Waals surface area contributed by atoms with Crippen molar-refractivity contribution >= 4 is 18.1 Å². The Balaban J connectivity index is 1.42. The smallest absolute Gasteiger partial charge is 0.479 e. The van der Waals surface area contributed by atoms with Gasteiger partial charge in [0, 0.05) is 18.8 Å². The molecule has 222 valence electrons. The van der Waals surface area contributed by atoms with Crippen molar-refractivity contribution in [2.75, 3.05) is 0 Å². The van der Waals surface area contributed by atoms with Gasteiger partial charge in [-0.25, -0.2) is 27.6 Å². The summed E-state index contributed by atoms with van der Waals surface area (Å²) in [6.45, 7) is 7.11. The van der Waals surface area contributed by atoms with Gasteiger partial charge in [0.15, 0.2) is 11.6 Å². The quantitative estimate of drug-likeness (QED) is 0.325. The number of esters is 1. The van der Waals surface area contributed by atoms with Gasteiger partial charge in [-0.3, -0.25) is 0 Å². The lowest BCUT2D eigenvalue weighted by molar-refractivity contribution is -0.184. The predicted molar refractivity (Wildman–Crippen MR) is 133 cm³/mol. The summed E-state index contributed by atoms with van der Waals surface area (Å²) in [6.07, 6.45) is -1.72. The number of hydrogen-bond donors (Lipinski definition) is 2. The minimum absolute atomic E-state index is 0.153. The SMILES string of the molecule is CC(OC(=O)O[C@@H]1C[C@H](C)CC[C@H]1C(C)C)OC(=O)[C@@]1(N)[C@H]2[C@@H](C[C@H]1OCc1ccc(F)c(F)c1)[C@]2(F)C(=O)O. The zero-order chi connectivity index (χ0) is 29.6. The lowest BCUT2D eigenvalue weighted by Gasteiger charge is -2.36. The second-order valence-corrected chi connectivity index (χ2v) is 11.7. The van der Waals surface area contributed by atoms with E-state index in [1.807, 2.05) is 13.8 Å². The highest BCUT2D eigenvalue weighted by Crippen LogP contribution is 2.67. The molecule has 12 heteroatoms. The molecule has 3 aliphatic carbocycles. The number of rotatable bonds is 9. The molecule has 4 rings (SSSR count). The van der Waals surface area contributed by atoms with Gasteiger partial charge in [-0.1, -0.05) is 33.3 Å². The molecule has 3 fully saturated rings. The van der Waals surface area contributed by atoms with Gasteiger partial charge >= 0.3 is 18.1 Å². The zero-order valence-corrected chi connectivity index (χ0v) is 22.9. The highest BCUT2D eigenvalue weighted by Gasteiger charge is 2.85. The normalized spacial score (nSPS) is 35.5. The third-order valence-electron chi connectivity index (χ3n) is 8.66. The van der Waals surface area contributed by atoms with Crippen molar-refractivity contribution in [2.45, 2.75) is 89.7 Å². The molecule has 1 unspecified atom stereocenters. The van der Waals surface area contributed by atoms with Crippen LogP contribution in [0.5, 0.6) is 0 Å². The predicted octanol–water partition coefficient (Wildman–Crippen LogP) is 4.49. The molecule has 9 nitrogen and oxygen atoms in total. The molecule has 0 aliphatic heterocycles. The Morgan fingerprint density at radius 3 is 2.42 bits per heavy atom. The van der Waals surface area contributed by atoms with Crippen LogP contribution in [0.1, 0.15) is 58.9 Å². The van der Waals surface area contributed by atoms with Crippen LogP contribution in [0.2, 0.25) is 0 Å². The second-order valence-electron chi connectivity index (χ2n) is 11.7. The maximum Gasteiger partial charge on any atom is 0.511 e. The average molecular weight is 572 g/mol. The molecule has 3 aliphatic rings. The molecular formula is C28H36F3NO8. The standard InChI is InChI=1S/C28H36F3NO8/c1-13(2)17-7-5-14(3)9-21(17)40-26(36)39-15(4)38-25(35)28(32)22(11-18-23(28)27(18,31)24(33)34)37-12-16-6-8-19(29)20(30)10-16/h6,8,10,13-15,17-18,21-23H,5,7,9,11-12,32H2,1-4H3,(H,33,34)/t14-,15?,17+,18-,21-,22-,23+,27-,28+/m1/s1. The highest BCUT2D eigenvalue weighted by molar-refractivity contribution is 5.91. The topological polar surface area (TPSA) is 134 Å². The lowest BCUT2D eigenvalue weighted by atomic mass is 9.75. The molecule has 0 bridgehead atoms. The third-order valence-corrected chi connectivity index (χ3v) is 8.66. The van der Waals surface area contributed by atoms with E-state index in [9.17, 15) is 28.3 Å². The van der Waals surface area contributed by atoms with E-state index in [-0.39, 0.29) is 36.5 Å². The molecule has 40 heavy (non-hydrogen) atoms. The fourth-order valence-electron chi connectivity index (χ4n) is 6.44. The van der Waals surface area contributed by atoms with E-state index in [2.05, 4.69) is 6.92 Å². The van der Waals surface area contributed by atoms with Gasteiger partial charge in [-0.2, -0.15) is 0 Å². The van der Waals surface area contributed by atoms with Gasteiger partial charge in [0.2, 0.25) is 12.0 Å². The number of carbonyl (C=O) groups is 3. The Hall–Kier alpha value is -2.86. The first-order valence-corrected chi connectivity index (χ1v) is 13.5. The van der Waals surface area contributed by atoms with Crippen molar-refractivity contribution < 1.29 is 51.6 Å². The first-order chi connectivity index (χ1) is 18.7. The van der Waals surface area contributed by atoms with Crippen molar-refractivity contribution in [1.82, 2.24) is 0 Å². The van der Waals surface area contributed by atoms with E-state index in [1.54, 1.807) is 0 Å². The van der Waals surface area contributed by atoms with Crippen LogP contribution in [0.25, 0.3) is 0 Å². The summed E-state index contributed by atoms with van der Waals surface area (Å²) in [7, 11) is 0. The van der Waals surface area contributed by atoms with Crippen LogP contribution in [0, 0.1) is 41.2 Å².